The van der Waals surface area contributed by atoms with Gasteiger partial charge in [-0.05, 0) is 75.1 Å². The molecule has 2 fully saturated rings. The second-order valence-corrected chi connectivity index (χ2v) is 16.5. The van der Waals surface area contributed by atoms with Gasteiger partial charge in [-0.3, -0.25) is 4.98 Å². The Kier molecular flexibility index (Phi) is 6.87. The molecule has 2 aliphatic rings. The highest BCUT2D eigenvalue weighted by Gasteiger charge is 2.51. The second-order valence-electron chi connectivity index (χ2n) is 12.1. The number of nitrogen functional groups attached to an aromatic ring is 1. The number of anilines is 2. The molecule has 0 bridgehead atoms. The molecule has 1 aromatic rings. The Balaban J connectivity index is 1.73. The summed E-state index contributed by atoms with van der Waals surface area (Å²) in [6.45, 7) is 15.8. The van der Waals surface area contributed by atoms with E-state index in [0.717, 1.165) is 31.1 Å². The first kappa shape index (κ1) is 24.8. The first-order chi connectivity index (χ1) is 14.7. The van der Waals surface area contributed by atoms with Gasteiger partial charge < -0.3 is 25.5 Å². The molecular formula is C24H42N4O3Si. The summed E-state index contributed by atoms with van der Waals surface area (Å²) in [5.41, 5.74) is 7.32. The number of carbonyl (C=O) groups excluding carboxylic acids is 1. The van der Waals surface area contributed by atoms with Gasteiger partial charge in [0.05, 0.1) is 23.6 Å². The predicted molar refractivity (Wildman–Crippen MR) is 132 cm³/mol. The van der Waals surface area contributed by atoms with Crippen LogP contribution in [0.25, 0.3) is 0 Å². The van der Waals surface area contributed by atoms with Crippen molar-refractivity contribution in [2.75, 3.05) is 23.7 Å². The van der Waals surface area contributed by atoms with Crippen molar-refractivity contribution in [3.63, 3.8) is 0 Å². The van der Waals surface area contributed by atoms with E-state index in [1.54, 1.807) is 12.4 Å². The number of nitrogens with one attached hydrogen (secondary N) is 1. The molecular weight excluding hydrogens is 420 g/mol. The van der Waals surface area contributed by atoms with Gasteiger partial charge in [0.15, 0.2) is 8.32 Å². The molecule has 1 saturated carbocycles. The Morgan fingerprint density at radius 3 is 2.56 bits per heavy atom. The van der Waals surface area contributed by atoms with E-state index >= 15 is 0 Å². The maximum Gasteiger partial charge on any atom is 0.407 e. The quantitative estimate of drug-likeness (QED) is 0.561. The van der Waals surface area contributed by atoms with Crippen molar-refractivity contribution in [1.82, 2.24) is 10.3 Å². The lowest BCUT2D eigenvalue weighted by Crippen LogP contribution is -2.52. The van der Waals surface area contributed by atoms with Crippen LogP contribution in [0.15, 0.2) is 18.5 Å². The molecule has 4 N–H and O–H groups in total. The van der Waals surface area contributed by atoms with E-state index in [1.165, 1.54) is 0 Å². The maximum atomic E-state index is 12.5. The molecule has 0 radical (unpaired) electrons. The molecule has 1 aromatic heterocycles. The molecule has 1 amide bonds. The summed E-state index contributed by atoms with van der Waals surface area (Å²) < 4.78 is 5.51. The van der Waals surface area contributed by atoms with Gasteiger partial charge >= 0.3 is 6.09 Å². The smallest absolute Gasteiger partial charge is 0.407 e. The standard InChI is InChI=1S/C24H42N4O3Si/c1-23(2,3)31-22(29)27-18-10-16(13-28(14-18)21-8-9-26-12-20(21)25)19-11-17(19)15-32(7,30)24(4,5)6/h8-9,12,16-19,30H,10-11,13-15,25H2,1-7H3,(H,27,29). The number of pyridine rings is 1. The van der Waals surface area contributed by atoms with Crippen LogP contribution in [0.1, 0.15) is 54.4 Å². The number of piperidine rings is 1. The Labute approximate surface area is 194 Å². The molecule has 7 nitrogen and oxygen atoms in total. The SMILES string of the molecule is CC(C)(C)OC(=O)NC1CC(C2CC2C[Si](C)(O)C(C)(C)C)CN(c2ccncc2N)C1. The normalized spacial score (nSPS) is 28.1. The number of nitrogens with two attached hydrogens (primary N) is 1. The summed E-state index contributed by atoms with van der Waals surface area (Å²) in [7, 11) is -2.30. The first-order valence-corrected chi connectivity index (χ1v) is 14.5. The zero-order valence-electron chi connectivity index (χ0n) is 20.8. The van der Waals surface area contributed by atoms with Crippen LogP contribution < -0.4 is 16.0 Å². The van der Waals surface area contributed by atoms with Crippen molar-refractivity contribution < 1.29 is 14.3 Å². The van der Waals surface area contributed by atoms with Gasteiger partial charge in [-0.1, -0.05) is 20.8 Å². The molecule has 1 aliphatic carbocycles. The van der Waals surface area contributed by atoms with Crippen LogP contribution in [-0.2, 0) is 4.74 Å². The van der Waals surface area contributed by atoms with E-state index in [-0.39, 0.29) is 17.2 Å². The Morgan fingerprint density at radius 2 is 1.97 bits per heavy atom. The summed E-state index contributed by atoms with van der Waals surface area (Å²) >= 11 is 0. The van der Waals surface area contributed by atoms with Gasteiger partial charge in [0.1, 0.15) is 5.60 Å². The lowest BCUT2D eigenvalue weighted by molar-refractivity contribution is 0.0492. The highest BCUT2D eigenvalue weighted by atomic mass is 28.4. The van der Waals surface area contributed by atoms with Crippen molar-refractivity contribution in [3.05, 3.63) is 18.5 Å². The van der Waals surface area contributed by atoms with Crippen LogP contribution in [0.5, 0.6) is 0 Å². The zero-order chi connectivity index (χ0) is 23.9. The first-order valence-electron chi connectivity index (χ1n) is 11.8. The number of alkyl carbamates (subject to hydrolysis) is 1. The minimum atomic E-state index is -2.30. The number of nitrogens with zero attached hydrogens (tertiary/aromatic N) is 2. The van der Waals surface area contributed by atoms with Crippen molar-refractivity contribution in [3.8, 4) is 0 Å². The highest BCUT2D eigenvalue weighted by Crippen LogP contribution is 2.54. The van der Waals surface area contributed by atoms with E-state index in [0.29, 0.717) is 30.0 Å². The number of ether oxygens (including phenoxy) is 1. The molecule has 1 aliphatic heterocycles. The summed E-state index contributed by atoms with van der Waals surface area (Å²) in [5.74, 6) is 1.58. The topological polar surface area (TPSA) is 101 Å². The van der Waals surface area contributed by atoms with E-state index in [9.17, 15) is 9.59 Å². The number of aromatic nitrogens is 1. The van der Waals surface area contributed by atoms with E-state index in [2.05, 4.69) is 42.5 Å². The average Bonchev–Trinajstić information content (AvgIpc) is 3.37. The third kappa shape index (κ3) is 6.16. The third-order valence-corrected chi connectivity index (χ3v) is 11.8. The van der Waals surface area contributed by atoms with Crippen molar-refractivity contribution >= 4 is 25.8 Å². The highest BCUT2D eigenvalue weighted by molar-refractivity contribution is 6.74. The van der Waals surface area contributed by atoms with Gasteiger partial charge in [0.25, 0.3) is 0 Å². The lowest BCUT2D eigenvalue weighted by atomic mass is 9.89. The monoisotopic (exact) mass is 462 g/mol. The van der Waals surface area contributed by atoms with Crippen molar-refractivity contribution in [1.29, 1.82) is 0 Å². The fourth-order valence-electron chi connectivity index (χ4n) is 4.81. The van der Waals surface area contributed by atoms with Crippen molar-refractivity contribution in [2.45, 2.75) is 83.7 Å². The molecule has 32 heavy (non-hydrogen) atoms. The van der Waals surface area contributed by atoms with Crippen LogP contribution in [0.3, 0.4) is 0 Å². The zero-order valence-corrected chi connectivity index (χ0v) is 21.8. The number of carbonyl (C=O) groups is 1. The Bertz CT molecular complexity index is 818. The summed E-state index contributed by atoms with van der Waals surface area (Å²) in [4.78, 5) is 30.0. The van der Waals surface area contributed by atoms with E-state index < -0.39 is 13.9 Å². The predicted octanol–water partition coefficient (Wildman–Crippen LogP) is 4.39. The molecule has 5 atom stereocenters. The molecule has 5 unspecified atom stereocenters. The molecule has 8 heteroatoms. The van der Waals surface area contributed by atoms with Crippen LogP contribution in [0, 0.1) is 17.8 Å². The minimum Gasteiger partial charge on any atom is -0.444 e. The van der Waals surface area contributed by atoms with Crippen molar-refractivity contribution in [2.24, 2.45) is 17.8 Å². The fourth-order valence-corrected chi connectivity index (χ4v) is 6.91. The molecule has 0 spiro atoms. The third-order valence-electron chi connectivity index (χ3n) is 7.23. The van der Waals surface area contributed by atoms with Gasteiger partial charge in [-0.2, -0.15) is 0 Å². The van der Waals surface area contributed by atoms with Crippen LogP contribution >= 0.6 is 0 Å². The lowest BCUT2D eigenvalue weighted by Gasteiger charge is -2.40. The molecule has 1 saturated heterocycles. The maximum absolute atomic E-state index is 12.5. The molecule has 2 heterocycles. The second kappa shape index (κ2) is 8.86. The number of hydrogen-bond donors (Lipinski definition) is 3. The van der Waals surface area contributed by atoms with Crippen LogP contribution in [0.4, 0.5) is 16.2 Å². The van der Waals surface area contributed by atoms with Crippen LogP contribution in [-0.4, -0.2) is 48.9 Å². The summed E-state index contributed by atoms with van der Waals surface area (Å²) in [5, 5.41) is 3.07. The average molecular weight is 463 g/mol. The van der Waals surface area contributed by atoms with Gasteiger partial charge in [0, 0.05) is 19.3 Å². The largest absolute Gasteiger partial charge is 0.444 e. The number of hydrogen-bond acceptors (Lipinski definition) is 6. The minimum absolute atomic E-state index is 0.0159. The Morgan fingerprint density at radius 1 is 1.28 bits per heavy atom. The number of rotatable bonds is 5. The molecule has 0 aromatic carbocycles. The van der Waals surface area contributed by atoms with Gasteiger partial charge in [-0.15, -0.1) is 0 Å². The number of amides is 1. The summed E-state index contributed by atoms with van der Waals surface area (Å²) in [6.07, 6.45) is 5.14. The molecule has 3 rings (SSSR count). The van der Waals surface area contributed by atoms with E-state index in [4.69, 9.17) is 10.5 Å². The molecule has 180 valence electrons. The summed E-state index contributed by atoms with van der Waals surface area (Å²) in [6, 6.07) is 2.88. The van der Waals surface area contributed by atoms with Crippen LogP contribution in [0.2, 0.25) is 17.6 Å². The Hall–Kier alpha value is -1.80. The van der Waals surface area contributed by atoms with E-state index in [1.807, 2.05) is 26.8 Å². The van der Waals surface area contributed by atoms with Gasteiger partial charge in [-0.25, -0.2) is 4.79 Å². The fraction of sp³-hybridized carbons (Fsp3) is 0.750. The van der Waals surface area contributed by atoms with Gasteiger partial charge in [0.2, 0.25) is 0 Å².